The summed E-state index contributed by atoms with van der Waals surface area (Å²) < 4.78 is 33.0. The molecule has 1 aromatic carbocycles. The van der Waals surface area contributed by atoms with Gasteiger partial charge in [-0.3, -0.25) is 0 Å². The molecule has 118 valence electrons. The second-order valence-electron chi connectivity index (χ2n) is 6.71. The van der Waals surface area contributed by atoms with Crippen LogP contribution in [0.3, 0.4) is 0 Å². The molecule has 1 aromatic rings. The number of ether oxygens (including phenoxy) is 1. The third-order valence-electron chi connectivity index (χ3n) is 5.36. The number of benzene rings is 1. The molecule has 0 bridgehead atoms. The van der Waals surface area contributed by atoms with E-state index in [1.807, 2.05) is 19.1 Å². The van der Waals surface area contributed by atoms with Crippen LogP contribution in [0, 0.1) is 30.6 Å². The van der Waals surface area contributed by atoms with Crippen LogP contribution in [-0.4, -0.2) is 39.0 Å². The summed E-state index contributed by atoms with van der Waals surface area (Å²) in [6.07, 6.45) is 4.45. The Labute approximate surface area is 131 Å². The van der Waals surface area contributed by atoms with Crippen molar-refractivity contribution < 1.29 is 13.2 Å². The SMILES string of the molecule is Cc1ccc(S(=O)(=O)N2C[C@H]3[C@H]4COC[C@H]4C=C[C@H]3C2)cc1. The number of sulfonamides is 1. The van der Waals surface area contributed by atoms with Gasteiger partial charge in [-0.25, -0.2) is 8.42 Å². The summed E-state index contributed by atoms with van der Waals surface area (Å²) in [7, 11) is -3.38. The molecule has 2 aliphatic heterocycles. The summed E-state index contributed by atoms with van der Waals surface area (Å²) in [5, 5.41) is 0. The van der Waals surface area contributed by atoms with Crippen molar-refractivity contribution in [2.45, 2.75) is 11.8 Å². The van der Waals surface area contributed by atoms with E-state index in [9.17, 15) is 8.42 Å². The molecule has 0 radical (unpaired) electrons. The van der Waals surface area contributed by atoms with Gasteiger partial charge in [-0.1, -0.05) is 29.8 Å². The van der Waals surface area contributed by atoms with Gasteiger partial charge in [0, 0.05) is 19.0 Å². The molecule has 3 aliphatic rings. The maximum absolute atomic E-state index is 12.9. The van der Waals surface area contributed by atoms with Crippen LogP contribution in [0.15, 0.2) is 41.3 Å². The van der Waals surface area contributed by atoms with Crippen LogP contribution in [0.1, 0.15) is 5.56 Å². The number of nitrogens with zero attached hydrogens (tertiary/aromatic N) is 1. The molecular weight excluding hydrogens is 298 g/mol. The Balaban J connectivity index is 1.60. The van der Waals surface area contributed by atoms with Gasteiger partial charge < -0.3 is 4.74 Å². The molecule has 0 aromatic heterocycles. The van der Waals surface area contributed by atoms with Gasteiger partial charge in [0.25, 0.3) is 0 Å². The molecule has 0 N–H and O–H groups in total. The van der Waals surface area contributed by atoms with E-state index >= 15 is 0 Å². The zero-order valence-corrected chi connectivity index (χ0v) is 13.5. The Hall–Kier alpha value is -1.17. The highest BCUT2D eigenvalue weighted by Gasteiger charge is 2.47. The van der Waals surface area contributed by atoms with E-state index in [0.717, 1.165) is 18.8 Å². The fraction of sp³-hybridized carbons (Fsp3) is 0.529. The van der Waals surface area contributed by atoms with Crippen molar-refractivity contribution in [3.05, 3.63) is 42.0 Å². The Morgan fingerprint density at radius 1 is 1.00 bits per heavy atom. The fourth-order valence-electron chi connectivity index (χ4n) is 4.04. The lowest BCUT2D eigenvalue weighted by Gasteiger charge is -2.29. The summed E-state index contributed by atoms with van der Waals surface area (Å²) in [6, 6.07) is 7.14. The predicted octanol–water partition coefficient (Wildman–Crippen LogP) is 2.06. The molecule has 5 heteroatoms. The van der Waals surface area contributed by atoms with Crippen molar-refractivity contribution >= 4 is 10.0 Å². The number of rotatable bonds is 2. The molecule has 4 rings (SSSR count). The molecule has 4 nitrogen and oxygen atoms in total. The number of hydrogen-bond donors (Lipinski definition) is 0. The second-order valence-corrected chi connectivity index (χ2v) is 8.65. The number of hydrogen-bond acceptors (Lipinski definition) is 3. The minimum absolute atomic E-state index is 0.336. The van der Waals surface area contributed by atoms with Crippen molar-refractivity contribution in [1.82, 2.24) is 4.31 Å². The molecule has 2 fully saturated rings. The van der Waals surface area contributed by atoms with Crippen molar-refractivity contribution in [3.63, 3.8) is 0 Å². The zero-order valence-electron chi connectivity index (χ0n) is 12.7. The van der Waals surface area contributed by atoms with Crippen LogP contribution in [-0.2, 0) is 14.8 Å². The molecule has 2 saturated heterocycles. The Kier molecular flexibility index (Phi) is 3.40. The van der Waals surface area contributed by atoms with E-state index in [2.05, 4.69) is 12.2 Å². The second kappa shape index (κ2) is 5.18. The average Bonchev–Trinajstić information content (AvgIpc) is 3.13. The summed E-state index contributed by atoms with van der Waals surface area (Å²) in [4.78, 5) is 0.403. The van der Waals surface area contributed by atoms with Gasteiger partial charge in [-0.05, 0) is 36.8 Å². The number of fused-ring (bicyclic) bond motifs is 3. The normalized spacial score (nSPS) is 34.6. The minimum Gasteiger partial charge on any atom is -0.381 e. The van der Waals surface area contributed by atoms with E-state index in [1.165, 1.54) is 0 Å². The van der Waals surface area contributed by atoms with Crippen LogP contribution in [0.5, 0.6) is 0 Å². The largest absolute Gasteiger partial charge is 0.381 e. The monoisotopic (exact) mass is 319 g/mol. The van der Waals surface area contributed by atoms with Gasteiger partial charge in [0.15, 0.2) is 0 Å². The quantitative estimate of drug-likeness (QED) is 0.784. The summed E-state index contributed by atoms with van der Waals surface area (Å²) in [6.45, 7) is 4.74. The van der Waals surface area contributed by atoms with E-state index in [4.69, 9.17) is 4.74 Å². The summed E-state index contributed by atoms with van der Waals surface area (Å²) in [5.74, 6) is 1.69. The summed E-state index contributed by atoms with van der Waals surface area (Å²) >= 11 is 0. The molecule has 0 amide bonds. The van der Waals surface area contributed by atoms with Gasteiger partial charge in [-0.15, -0.1) is 0 Å². The van der Waals surface area contributed by atoms with E-state index in [-0.39, 0.29) is 0 Å². The van der Waals surface area contributed by atoms with Gasteiger partial charge in [0.05, 0.1) is 18.1 Å². The van der Waals surface area contributed by atoms with Gasteiger partial charge in [0.2, 0.25) is 10.0 Å². The van der Waals surface area contributed by atoms with Crippen LogP contribution < -0.4 is 0 Å². The van der Waals surface area contributed by atoms with Crippen LogP contribution in [0.25, 0.3) is 0 Å². The lowest BCUT2D eigenvalue weighted by atomic mass is 9.74. The highest BCUT2D eigenvalue weighted by molar-refractivity contribution is 7.89. The lowest BCUT2D eigenvalue weighted by molar-refractivity contribution is 0.169. The third-order valence-corrected chi connectivity index (χ3v) is 7.21. The maximum atomic E-state index is 12.9. The van der Waals surface area contributed by atoms with Crippen LogP contribution in [0.4, 0.5) is 0 Å². The highest BCUT2D eigenvalue weighted by Crippen LogP contribution is 2.43. The zero-order chi connectivity index (χ0) is 15.3. The molecule has 22 heavy (non-hydrogen) atoms. The van der Waals surface area contributed by atoms with Crippen molar-refractivity contribution in [1.29, 1.82) is 0 Å². The first-order chi connectivity index (χ1) is 10.6. The molecule has 0 saturated carbocycles. The molecule has 0 unspecified atom stereocenters. The van der Waals surface area contributed by atoms with Crippen molar-refractivity contribution in [2.24, 2.45) is 23.7 Å². The van der Waals surface area contributed by atoms with Gasteiger partial charge >= 0.3 is 0 Å². The Bertz CT molecular complexity index is 695. The van der Waals surface area contributed by atoms with Crippen LogP contribution >= 0.6 is 0 Å². The van der Waals surface area contributed by atoms with E-state index in [1.54, 1.807) is 16.4 Å². The van der Waals surface area contributed by atoms with Gasteiger partial charge in [-0.2, -0.15) is 4.31 Å². The number of aryl methyl sites for hydroxylation is 1. The first-order valence-corrected chi connectivity index (χ1v) is 9.32. The minimum atomic E-state index is -3.38. The van der Waals surface area contributed by atoms with E-state index in [0.29, 0.717) is 41.7 Å². The van der Waals surface area contributed by atoms with E-state index < -0.39 is 10.0 Å². The first kappa shape index (κ1) is 14.4. The third kappa shape index (κ3) is 2.23. The highest BCUT2D eigenvalue weighted by atomic mass is 32.2. The molecule has 4 atom stereocenters. The lowest BCUT2D eigenvalue weighted by Crippen LogP contribution is -2.31. The molecule has 2 heterocycles. The maximum Gasteiger partial charge on any atom is 0.243 e. The average molecular weight is 319 g/mol. The smallest absolute Gasteiger partial charge is 0.243 e. The molecular formula is C17H21NO3S. The van der Waals surface area contributed by atoms with Gasteiger partial charge in [0.1, 0.15) is 0 Å². The van der Waals surface area contributed by atoms with Crippen molar-refractivity contribution in [2.75, 3.05) is 26.3 Å². The fourth-order valence-corrected chi connectivity index (χ4v) is 5.55. The molecule has 0 spiro atoms. The Morgan fingerprint density at radius 2 is 1.73 bits per heavy atom. The van der Waals surface area contributed by atoms with Crippen molar-refractivity contribution in [3.8, 4) is 0 Å². The first-order valence-electron chi connectivity index (χ1n) is 7.88. The van der Waals surface area contributed by atoms with Crippen LogP contribution in [0.2, 0.25) is 0 Å². The Morgan fingerprint density at radius 3 is 2.50 bits per heavy atom. The molecule has 1 aliphatic carbocycles. The topological polar surface area (TPSA) is 46.6 Å². The summed E-state index contributed by atoms with van der Waals surface area (Å²) in [5.41, 5.74) is 1.07. The predicted molar refractivity (Wildman–Crippen MR) is 83.9 cm³/mol. The standard InChI is InChI=1S/C17H21NO3S/c1-12-2-6-15(7-3-12)22(19,20)18-8-13-4-5-14-10-21-11-17(14)16(13)9-18/h2-7,13-14,16-17H,8-11H2,1H3/t13-,14+,16+,17-/m0/s1.